The molecule has 0 spiro atoms. The fourth-order valence-electron chi connectivity index (χ4n) is 2.95. The van der Waals surface area contributed by atoms with Crippen LogP contribution >= 0.6 is 11.6 Å². The van der Waals surface area contributed by atoms with Crippen molar-refractivity contribution in [2.75, 3.05) is 5.32 Å². The number of carbonyl (C=O) groups is 3. The molecule has 0 aliphatic heterocycles. The lowest BCUT2D eigenvalue weighted by molar-refractivity contribution is -0.131. The third kappa shape index (κ3) is 6.42. The third-order valence-corrected chi connectivity index (χ3v) is 4.77. The molecule has 0 heterocycles. The van der Waals surface area contributed by atoms with E-state index in [-0.39, 0.29) is 24.8 Å². The number of halogens is 1. The molecule has 0 saturated carbocycles. The second kappa shape index (κ2) is 10.4. The normalized spacial score (nSPS) is 10.3. The van der Waals surface area contributed by atoms with Crippen molar-refractivity contribution in [2.45, 2.75) is 19.9 Å². The molecule has 6 nitrogen and oxygen atoms in total. The van der Waals surface area contributed by atoms with Crippen molar-refractivity contribution in [3.63, 3.8) is 0 Å². The van der Waals surface area contributed by atoms with E-state index >= 15 is 0 Å². The fraction of sp³-hybridized carbons (Fsp3) is 0.125. The summed E-state index contributed by atoms with van der Waals surface area (Å²) >= 11 is 6.13. The highest BCUT2D eigenvalue weighted by Gasteiger charge is 2.12. The smallest absolute Gasteiger partial charge is 0.308 e. The summed E-state index contributed by atoms with van der Waals surface area (Å²) in [6.07, 6.45) is 0.142. The monoisotopic (exact) mass is 436 g/mol. The van der Waals surface area contributed by atoms with Gasteiger partial charge in [-0.15, -0.1) is 0 Å². The molecule has 2 N–H and O–H groups in total. The molecule has 0 aliphatic carbocycles. The maximum absolute atomic E-state index is 12.5. The zero-order valence-electron chi connectivity index (χ0n) is 16.9. The van der Waals surface area contributed by atoms with Crippen molar-refractivity contribution in [3.8, 4) is 5.75 Å². The van der Waals surface area contributed by atoms with Gasteiger partial charge in [-0.1, -0.05) is 54.1 Å². The zero-order valence-corrected chi connectivity index (χ0v) is 17.6. The number of anilines is 1. The van der Waals surface area contributed by atoms with Crippen molar-refractivity contribution >= 4 is 35.1 Å². The standard InChI is InChI=1S/C24H21ClN2O4/c1-16(28)31-20-10-6-9-18(13-20)24(30)26-15-19-8-3-5-12-22(19)27-23(29)14-17-7-2-4-11-21(17)25/h2-13H,14-15H2,1H3,(H,26,30)(H,27,29). The van der Waals surface area contributed by atoms with Crippen LogP contribution in [0.3, 0.4) is 0 Å². The molecule has 7 heteroatoms. The first-order valence-electron chi connectivity index (χ1n) is 9.60. The summed E-state index contributed by atoms with van der Waals surface area (Å²) in [6.45, 7) is 1.50. The maximum atomic E-state index is 12.5. The number of ether oxygens (including phenoxy) is 1. The van der Waals surface area contributed by atoms with Crippen molar-refractivity contribution in [2.24, 2.45) is 0 Å². The first-order valence-corrected chi connectivity index (χ1v) is 9.98. The van der Waals surface area contributed by atoms with Crippen LogP contribution in [0.25, 0.3) is 0 Å². The summed E-state index contributed by atoms with van der Waals surface area (Å²) in [6, 6.07) is 20.8. The van der Waals surface area contributed by atoms with Crippen molar-refractivity contribution in [3.05, 3.63) is 94.5 Å². The lowest BCUT2D eigenvalue weighted by Crippen LogP contribution is -2.24. The molecule has 158 valence electrons. The van der Waals surface area contributed by atoms with Crippen LogP contribution in [-0.2, 0) is 22.6 Å². The van der Waals surface area contributed by atoms with Gasteiger partial charge in [-0.2, -0.15) is 0 Å². The molecule has 3 aromatic carbocycles. The van der Waals surface area contributed by atoms with Gasteiger partial charge in [-0.3, -0.25) is 14.4 Å². The van der Waals surface area contributed by atoms with Gasteiger partial charge < -0.3 is 15.4 Å². The van der Waals surface area contributed by atoms with Crippen LogP contribution in [0.5, 0.6) is 5.75 Å². The van der Waals surface area contributed by atoms with Gasteiger partial charge in [0.2, 0.25) is 5.91 Å². The molecule has 0 atom stereocenters. The Labute approximate surface area is 185 Å². The Morgan fingerprint density at radius 2 is 1.61 bits per heavy atom. The quantitative estimate of drug-likeness (QED) is 0.425. The Morgan fingerprint density at radius 3 is 2.35 bits per heavy atom. The lowest BCUT2D eigenvalue weighted by atomic mass is 10.1. The van der Waals surface area contributed by atoms with E-state index in [1.165, 1.54) is 13.0 Å². The molecular formula is C24H21ClN2O4. The number of carbonyl (C=O) groups excluding carboxylic acids is 3. The fourth-order valence-corrected chi connectivity index (χ4v) is 3.15. The highest BCUT2D eigenvalue weighted by atomic mass is 35.5. The summed E-state index contributed by atoms with van der Waals surface area (Å²) < 4.78 is 5.01. The third-order valence-electron chi connectivity index (χ3n) is 4.40. The van der Waals surface area contributed by atoms with Crippen LogP contribution in [0.15, 0.2) is 72.8 Å². The molecule has 0 saturated heterocycles. The maximum Gasteiger partial charge on any atom is 0.308 e. The second-order valence-corrected chi connectivity index (χ2v) is 7.18. The van der Waals surface area contributed by atoms with Crippen molar-refractivity contribution in [1.82, 2.24) is 5.32 Å². The number of para-hydroxylation sites is 1. The number of hydrogen-bond acceptors (Lipinski definition) is 4. The first kappa shape index (κ1) is 22.1. The van der Waals surface area contributed by atoms with Crippen LogP contribution in [0.2, 0.25) is 5.02 Å². The largest absolute Gasteiger partial charge is 0.427 e. The average Bonchev–Trinajstić information content (AvgIpc) is 2.74. The Hall–Kier alpha value is -3.64. The van der Waals surface area contributed by atoms with Gasteiger partial charge in [0.25, 0.3) is 5.91 Å². The Morgan fingerprint density at radius 1 is 0.903 bits per heavy atom. The zero-order chi connectivity index (χ0) is 22.2. The Bertz CT molecular complexity index is 1110. The Kier molecular flexibility index (Phi) is 7.40. The Balaban J connectivity index is 1.64. The van der Waals surface area contributed by atoms with Gasteiger partial charge in [0, 0.05) is 29.7 Å². The molecular weight excluding hydrogens is 416 g/mol. The highest BCUT2D eigenvalue weighted by molar-refractivity contribution is 6.31. The summed E-state index contributed by atoms with van der Waals surface area (Å²) in [5.41, 5.74) is 2.45. The van der Waals surface area contributed by atoms with E-state index in [1.54, 1.807) is 42.5 Å². The molecule has 0 aromatic heterocycles. The molecule has 0 bridgehead atoms. The molecule has 2 amide bonds. The average molecular weight is 437 g/mol. The summed E-state index contributed by atoms with van der Waals surface area (Å²) in [5, 5.41) is 6.23. The van der Waals surface area contributed by atoms with Crippen molar-refractivity contribution < 1.29 is 19.1 Å². The minimum absolute atomic E-state index is 0.142. The van der Waals surface area contributed by atoms with Gasteiger partial charge >= 0.3 is 5.97 Å². The number of rotatable bonds is 7. The lowest BCUT2D eigenvalue weighted by Gasteiger charge is -2.13. The van der Waals surface area contributed by atoms with Crippen LogP contribution in [0, 0.1) is 0 Å². The minimum atomic E-state index is -0.459. The van der Waals surface area contributed by atoms with Crippen LogP contribution in [0.4, 0.5) is 5.69 Å². The van der Waals surface area contributed by atoms with Gasteiger partial charge in [-0.25, -0.2) is 0 Å². The molecule has 0 unspecified atom stereocenters. The van der Waals surface area contributed by atoms with E-state index in [0.29, 0.717) is 22.0 Å². The van der Waals surface area contributed by atoms with Crippen LogP contribution in [-0.4, -0.2) is 17.8 Å². The summed E-state index contributed by atoms with van der Waals surface area (Å²) in [4.78, 5) is 36.1. The van der Waals surface area contributed by atoms with Gasteiger partial charge in [0.1, 0.15) is 5.75 Å². The molecule has 3 aromatic rings. The molecule has 31 heavy (non-hydrogen) atoms. The molecule has 0 fully saturated rings. The number of nitrogens with one attached hydrogen (secondary N) is 2. The van der Waals surface area contributed by atoms with Crippen LogP contribution < -0.4 is 15.4 Å². The van der Waals surface area contributed by atoms with Gasteiger partial charge in [0.15, 0.2) is 0 Å². The van der Waals surface area contributed by atoms with E-state index in [1.807, 2.05) is 24.3 Å². The topological polar surface area (TPSA) is 84.5 Å². The molecule has 0 radical (unpaired) electrons. The number of amides is 2. The summed E-state index contributed by atoms with van der Waals surface area (Å²) in [5.74, 6) is -0.696. The van der Waals surface area contributed by atoms with E-state index in [0.717, 1.165) is 11.1 Å². The highest BCUT2D eigenvalue weighted by Crippen LogP contribution is 2.19. The predicted octanol–water partition coefficient (Wildman–Crippen LogP) is 4.38. The van der Waals surface area contributed by atoms with E-state index < -0.39 is 5.97 Å². The van der Waals surface area contributed by atoms with E-state index in [4.69, 9.17) is 16.3 Å². The van der Waals surface area contributed by atoms with Crippen LogP contribution in [0.1, 0.15) is 28.4 Å². The van der Waals surface area contributed by atoms with E-state index in [2.05, 4.69) is 10.6 Å². The number of hydrogen-bond donors (Lipinski definition) is 2. The minimum Gasteiger partial charge on any atom is -0.427 e. The van der Waals surface area contributed by atoms with Gasteiger partial charge in [0.05, 0.1) is 6.42 Å². The molecule has 0 aliphatic rings. The predicted molar refractivity (Wildman–Crippen MR) is 119 cm³/mol. The SMILES string of the molecule is CC(=O)Oc1cccc(C(=O)NCc2ccccc2NC(=O)Cc2ccccc2Cl)c1. The van der Waals surface area contributed by atoms with Crippen molar-refractivity contribution in [1.29, 1.82) is 0 Å². The number of esters is 1. The summed E-state index contributed by atoms with van der Waals surface area (Å²) in [7, 11) is 0. The van der Waals surface area contributed by atoms with E-state index in [9.17, 15) is 14.4 Å². The molecule has 3 rings (SSSR count). The van der Waals surface area contributed by atoms with Gasteiger partial charge in [-0.05, 0) is 41.5 Å². The number of benzene rings is 3. The first-order chi connectivity index (χ1) is 14.9. The second-order valence-electron chi connectivity index (χ2n) is 6.78.